The summed E-state index contributed by atoms with van der Waals surface area (Å²) in [5, 5.41) is 20.7. The molecule has 0 radical (unpaired) electrons. The van der Waals surface area contributed by atoms with Crippen molar-refractivity contribution in [3.05, 3.63) is 28.2 Å². The number of rotatable bonds is 3. The van der Waals surface area contributed by atoms with Crippen molar-refractivity contribution in [3.63, 3.8) is 0 Å². The predicted molar refractivity (Wildman–Crippen MR) is 59.8 cm³/mol. The van der Waals surface area contributed by atoms with E-state index < -0.39 is 0 Å². The van der Waals surface area contributed by atoms with Crippen LogP contribution in [0, 0.1) is 0 Å². The predicted octanol–water partition coefficient (Wildman–Crippen LogP) is 1.27. The molecule has 0 saturated carbocycles. The SMILES string of the molecule is C[C@@H](CO)NC(=O)c1ccc(Br)c(O)c1. The van der Waals surface area contributed by atoms with E-state index in [9.17, 15) is 9.90 Å². The summed E-state index contributed by atoms with van der Waals surface area (Å²) in [4.78, 5) is 11.5. The molecule has 1 rings (SSSR count). The molecule has 0 aliphatic carbocycles. The Balaban J connectivity index is 2.78. The van der Waals surface area contributed by atoms with Gasteiger partial charge in [-0.2, -0.15) is 0 Å². The smallest absolute Gasteiger partial charge is 0.251 e. The Morgan fingerprint density at radius 1 is 1.60 bits per heavy atom. The summed E-state index contributed by atoms with van der Waals surface area (Å²) in [5.41, 5.74) is 0.357. The van der Waals surface area contributed by atoms with Gasteiger partial charge in [0.25, 0.3) is 5.91 Å². The summed E-state index contributed by atoms with van der Waals surface area (Å²) in [6, 6.07) is 4.24. The van der Waals surface area contributed by atoms with Crippen molar-refractivity contribution in [1.82, 2.24) is 5.32 Å². The summed E-state index contributed by atoms with van der Waals surface area (Å²) in [6.45, 7) is 1.57. The fourth-order valence-corrected chi connectivity index (χ4v) is 1.25. The second-order valence-corrected chi connectivity index (χ2v) is 4.08. The minimum Gasteiger partial charge on any atom is -0.507 e. The zero-order valence-electron chi connectivity index (χ0n) is 8.20. The maximum Gasteiger partial charge on any atom is 0.251 e. The Bertz CT molecular complexity index is 368. The molecule has 5 heteroatoms. The Morgan fingerprint density at radius 3 is 2.80 bits per heavy atom. The van der Waals surface area contributed by atoms with Gasteiger partial charge in [-0.15, -0.1) is 0 Å². The van der Waals surface area contributed by atoms with Crippen molar-refractivity contribution >= 4 is 21.8 Å². The molecule has 0 aliphatic heterocycles. The van der Waals surface area contributed by atoms with Gasteiger partial charge in [0.1, 0.15) is 5.75 Å². The van der Waals surface area contributed by atoms with Crippen LogP contribution in [0.25, 0.3) is 0 Å². The average molecular weight is 274 g/mol. The molecule has 15 heavy (non-hydrogen) atoms. The number of aliphatic hydroxyl groups excluding tert-OH is 1. The number of hydrogen-bond acceptors (Lipinski definition) is 3. The van der Waals surface area contributed by atoms with Crippen molar-refractivity contribution in [1.29, 1.82) is 0 Å². The lowest BCUT2D eigenvalue weighted by molar-refractivity contribution is 0.0922. The number of phenols is 1. The largest absolute Gasteiger partial charge is 0.507 e. The molecule has 0 aromatic heterocycles. The number of carbonyl (C=O) groups is 1. The van der Waals surface area contributed by atoms with Crippen LogP contribution in [0.5, 0.6) is 5.75 Å². The molecule has 82 valence electrons. The lowest BCUT2D eigenvalue weighted by atomic mass is 10.2. The summed E-state index contributed by atoms with van der Waals surface area (Å²) in [5.74, 6) is -0.307. The number of nitrogens with one attached hydrogen (secondary N) is 1. The topological polar surface area (TPSA) is 69.6 Å². The van der Waals surface area contributed by atoms with Gasteiger partial charge in [-0.1, -0.05) is 0 Å². The lowest BCUT2D eigenvalue weighted by Gasteiger charge is -2.10. The molecule has 1 aromatic rings. The van der Waals surface area contributed by atoms with E-state index in [-0.39, 0.29) is 24.3 Å². The van der Waals surface area contributed by atoms with Crippen LogP contribution in [-0.2, 0) is 0 Å². The Hall–Kier alpha value is -1.07. The standard InChI is InChI=1S/C10H12BrNO3/c1-6(5-13)12-10(15)7-2-3-8(11)9(14)4-7/h2-4,6,13-14H,5H2,1H3,(H,12,15)/t6-/m0/s1. The Labute approximate surface area is 96.1 Å². The van der Waals surface area contributed by atoms with Crippen LogP contribution in [0.15, 0.2) is 22.7 Å². The molecule has 0 fully saturated rings. The fraction of sp³-hybridized carbons (Fsp3) is 0.300. The minimum absolute atomic E-state index is 0.0132. The molecule has 1 aromatic carbocycles. The molecule has 1 atom stereocenters. The molecule has 0 bridgehead atoms. The second-order valence-electron chi connectivity index (χ2n) is 3.22. The molecule has 0 spiro atoms. The number of amides is 1. The van der Waals surface area contributed by atoms with Crippen LogP contribution < -0.4 is 5.32 Å². The first-order valence-electron chi connectivity index (χ1n) is 4.45. The Morgan fingerprint density at radius 2 is 2.27 bits per heavy atom. The van der Waals surface area contributed by atoms with Gasteiger partial charge in [0.15, 0.2) is 0 Å². The van der Waals surface area contributed by atoms with Gasteiger partial charge in [0, 0.05) is 11.6 Å². The van der Waals surface area contributed by atoms with Crippen molar-refractivity contribution in [2.45, 2.75) is 13.0 Å². The van der Waals surface area contributed by atoms with Gasteiger partial charge in [-0.3, -0.25) is 4.79 Å². The number of phenolic OH excluding ortho intramolecular Hbond substituents is 1. The number of carbonyl (C=O) groups excluding carboxylic acids is 1. The van der Waals surface area contributed by atoms with Gasteiger partial charge in [-0.05, 0) is 41.1 Å². The van der Waals surface area contributed by atoms with E-state index >= 15 is 0 Å². The zero-order chi connectivity index (χ0) is 11.4. The summed E-state index contributed by atoms with van der Waals surface area (Å²) >= 11 is 3.12. The highest BCUT2D eigenvalue weighted by Crippen LogP contribution is 2.24. The van der Waals surface area contributed by atoms with Crippen LogP contribution >= 0.6 is 15.9 Å². The molecule has 0 saturated heterocycles. The molecule has 0 unspecified atom stereocenters. The molecule has 0 heterocycles. The number of benzene rings is 1. The van der Waals surface area contributed by atoms with E-state index in [0.717, 1.165) is 0 Å². The summed E-state index contributed by atoms with van der Waals surface area (Å²) < 4.78 is 0.536. The molecular weight excluding hydrogens is 262 g/mol. The first-order chi connectivity index (χ1) is 7.04. The van der Waals surface area contributed by atoms with Crippen LogP contribution in [0.2, 0.25) is 0 Å². The average Bonchev–Trinajstić information content (AvgIpc) is 2.21. The van der Waals surface area contributed by atoms with Gasteiger partial charge in [-0.25, -0.2) is 0 Å². The minimum atomic E-state index is -0.320. The highest BCUT2D eigenvalue weighted by molar-refractivity contribution is 9.10. The number of aromatic hydroxyl groups is 1. The van der Waals surface area contributed by atoms with E-state index in [1.54, 1.807) is 19.1 Å². The van der Waals surface area contributed by atoms with Gasteiger partial charge < -0.3 is 15.5 Å². The van der Waals surface area contributed by atoms with Gasteiger partial charge >= 0.3 is 0 Å². The molecule has 0 aliphatic rings. The third-order valence-corrected chi connectivity index (χ3v) is 2.53. The first-order valence-corrected chi connectivity index (χ1v) is 5.24. The van der Waals surface area contributed by atoms with Crippen LogP contribution in [0.3, 0.4) is 0 Å². The highest BCUT2D eigenvalue weighted by Gasteiger charge is 2.10. The lowest BCUT2D eigenvalue weighted by Crippen LogP contribution is -2.34. The highest BCUT2D eigenvalue weighted by atomic mass is 79.9. The van der Waals surface area contributed by atoms with Gasteiger partial charge in [0.05, 0.1) is 11.1 Å². The maximum atomic E-state index is 11.5. The molecule has 1 amide bonds. The van der Waals surface area contributed by atoms with E-state index in [0.29, 0.717) is 10.0 Å². The first kappa shape index (κ1) is 12.0. The van der Waals surface area contributed by atoms with E-state index in [1.807, 2.05) is 0 Å². The third-order valence-electron chi connectivity index (χ3n) is 1.86. The van der Waals surface area contributed by atoms with Gasteiger partial charge in [0.2, 0.25) is 0 Å². The van der Waals surface area contributed by atoms with Crippen molar-refractivity contribution in [2.24, 2.45) is 0 Å². The van der Waals surface area contributed by atoms with Crippen molar-refractivity contribution in [3.8, 4) is 5.75 Å². The van der Waals surface area contributed by atoms with Crippen molar-refractivity contribution in [2.75, 3.05) is 6.61 Å². The fourth-order valence-electron chi connectivity index (χ4n) is 1.01. The quantitative estimate of drug-likeness (QED) is 0.777. The van der Waals surface area contributed by atoms with Crippen LogP contribution in [0.4, 0.5) is 0 Å². The van der Waals surface area contributed by atoms with Crippen LogP contribution in [-0.4, -0.2) is 28.8 Å². The summed E-state index contributed by atoms with van der Waals surface area (Å²) in [6.07, 6.45) is 0. The number of halogens is 1. The molecule has 3 N–H and O–H groups in total. The molecular formula is C10H12BrNO3. The van der Waals surface area contributed by atoms with E-state index in [2.05, 4.69) is 21.2 Å². The second kappa shape index (κ2) is 5.14. The monoisotopic (exact) mass is 273 g/mol. The summed E-state index contributed by atoms with van der Waals surface area (Å²) in [7, 11) is 0. The van der Waals surface area contributed by atoms with E-state index in [1.165, 1.54) is 6.07 Å². The molecule has 4 nitrogen and oxygen atoms in total. The zero-order valence-corrected chi connectivity index (χ0v) is 9.78. The van der Waals surface area contributed by atoms with Crippen molar-refractivity contribution < 1.29 is 15.0 Å². The Kier molecular flexibility index (Phi) is 4.11. The normalized spacial score (nSPS) is 12.2. The third kappa shape index (κ3) is 3.21. The maximum absolute atomic E-state index is 11.5. The number of aliphatic hydroxyl groups is 1. The number of hydrogen-bond donors (Lipinski definition) is 3. The van der Waals surface area contributed by atoms with E-state index in [4.69, 9.17) is 5.11 Å². The van der Waals surface area contributed by atoms with Crippen LogP contribution in [0.1, 0.15) is 17.3 Å².